The van der Waals surface area contributed by atoms with Crippen molar-refractivity contribution in [3.8, 4) is 5.69 Å². The first-order valence-corrected chi connectivity index (χ1v) is 20.8. The van der Waals surface area contributed by atoms with E-state index >= 15 is 4.39 Å². The molecular weight excluding hydrogens is 799 g/mol. The van der Waals surface area contributed by atoms with Gasteiger partial charge in [-0.25, -0.2) is 18.9 Å². The molecule has 0 radical (unpaired) electrons. The number of pyridine rings is 2. The zero-order valence-corrected chi connectivity index (χ0v) is 36.0. The van der Waals surface area contributed by atoms with Crippen LogP contribution in [0.2, 0.25) is 0 Å². The molecule has 3 heterocycles. The van der Waals surface area contributed by atoms with Crippen molar-refractivity contribution in [2.45, 2.75) is 116 Å². The van der Waals surface area contributed by atoms with E-state index in [1.165, 1.54) is 35.4 Å². The lowest BCUT2D eigenvalue weighted by atomic mass is 9.79. The average molecular weight is 850 g/mol. The van der Waals surface area contributed by atoms with Gasteiger partial charge in [0.15, 0.2) is 5.69 Å². The van der Waals surface area contributed by atoms with Crippen molar-refractivity contribution >= 4 is 45.6 Å². The smallest absolute Gasteiger partial charge is 0.435 e. The van der Waals surface area contributed by atoms with Gasteiger partial charge in [0.05, 0.1) is 11.4 Å². The molecule has 0 saturated heterocycles. The summed E-state index contributed by atoms with van der Waals surface area (Å²) in [6, 6.07) is 14.6. The van der Waals surface area contributed by atoms with E-state index in [9.17, 15) is 27.3 Å². The predicted octanol–water partition coefficient (Wildman–Crippen LogP) is 10.3. The summed E-state index contributed by atoms with van der Waals surface area (Å²) < 4.78 is 81.9. The van der Waals surface area contributed by atoms with Crippen LogP contribution in [-0.2, 0) is 27.8 Å². The fourth-order valence-electron chi connectivity index (χ4n) is 6.79. The molecule has 1 saturated carbocycles. The van der Waals surface area contributed by atoms with Crippen molar-refractivity contribution in [2.24, 2.45) is 5.92 Å². The van der Waals surface area contributed by atoms with Crippen LogP contribution in [0.5, 0.6) is 0 Å². The number of hydrogen-bond acceptors (Lipinski definition) is 8. The van der Waals surface area contributed by atoms with Crippen molar-refractivity contribution in [1.82, 2.24) is 24.5 Å². The zero-order chi connectivity index (χ0) is 44.0. The lowest BCUT2D eigenvalue weighted by Crippen LogP contribution is -2.52. The number of halogens is 4. The van der Waals surface area contributed by atoms with Crippen molar-refractivity contribution in [3.63, 3.8) is 0 Å². The van der Waals surface area contributed by atoms with Crippen LogP contribution in [0, 0.1) is 11.7 Å². The predicted molar refractivity (Wildman–Crippen MR) is 225 cm³/mol. The van der Waals surface area contributed by atoms with E-state index in [4.69, 9.17) is 4.74 Å². The Kier molecular flexibility index (Phi) is 12.2. The largest absolute Gasteiger partial charge is 0.598 e. The lowest BCUT2D eigenvalue weighted by molar-refractivity contribution is -0.141. The molecule has 0 bridgehead atoms. The normalized spacial score (nSPS) is 15.4. The number of alkyl halides is 3. The third kappa shape index (κ3) is 9.93. The molecule has 0 spiro atoms. The van der Waals surface area contributed by atoms with Crippen LogP contribution in [0.25, 0.3) is 16.5 Å². The summed E-state index contributed by atoms with van der Waals surface area (Å²) >= 11 is -1.61. The number of amides is 2. The SMILES string of the molecule is CC(C)(C)OC(=O)N(c1nccc2ccc(-n3nc(C(F)(F)F)cc3C(=O)Nc3cc(C(CCC4CC4)(N[S+]([O-])C(C)(C)C)c4ccncc4)ccc3F)cc12)C(C)(C)C. The van der Waals surface area contributed by atoms with E-state index in [2.05, 4.69) is 25.1 Å². The van der Waals surface area contributed by atoms with Crippen LogP contribution in [0.4, 0.5) is 33.9 Å². The summed E-state index contributed by atoms with van der Waals surface area (Å²) in [5.74, 6) is -1.29. The molecular formula is C44H51F4N7O4S. The molecule has 2 N–H and O–H groups in total. The molecule has 16 heteroatoms. The monoisotopic (exact) mass is 849 g/mol. The van der Waals surface area contributed by atoms with Gasteiger partial charge in [0.1, 0.15) is 33.2 Å². The van der Waals surface area contributed by atoms with Crippen molar-refractivity contribution in [3.05, 3.63) is 108 Å². The summed E-state index contributed by atoms with van der Waals surface area (Å²) in [6.07, 6.45) is 2.44. The van der Waals surface area contributed by atoms with E-state index in [1.54, 1.807) is 84.3 Å². The molecule has 5 aromatic rings. The van der Waals surface area contributed by atoms with E-state index in [0.29, 0.717) is 34.7 Å². The van der Waals surface area contributed by atoms with Gasteiger partial charge in [0, 0.05) is 46.9 Å². The third-order valence-electron chi connectivity index (χ3n) is 9.99. The average Bonchev–Trinajstić information content (AvgIpc) is 3.86. The van der Waals surface area contributed by atoms with Crippen LogP contribution in [-0.4, -0.2) is 52.2 Å². The Labute approximate surface area is 350 Å². The summed E-state index contributed by atoms with van der Waals surface area (Å²) in [4.78, 5) is 37.8. The highest BCUT2D eigenvalue weighted by Gasteiger charge is 2.44. The number of carbonyl (C=O) groups is 2. The number of benzene rings is 2. The second-order valence-electron chi connectivity index (χ2n) is 18.1. The minimum absolute atomic E-state index is 0.0373. The van der Waals surface area contributed by atoms with Gasteiger partial charge >= 0.3 is 12.3 Å². The molecule has 1 fully saturated rings. The molecule has 60 heavy (non-hydrogen) atoms. The number of carbonyl (C=O) groups excluding carboxylic acids is 2. The fourth-order valence-corrected chi connectivity index (χ4v) is 7.75. The quantitative estimate of drug-likeness (QED) is 0.0990. The maximum absolute atomic E-state index is 15.8. The van der Waals surface area contributed by atoms with Crippen LogP contribution in [0.1, 0.15) is 115 Å². The molecule has 1 aliphatic rings. The molecule has 1 aliphatic carbocycles. The third-order valence-corrected chi connectivity index (χ3v) is 11.6. The molecule has 0 aliphatic heterocycles. The first-order chi connectivity index (χ1) is 27.9. The summed E-state index contributed by atoms with van der Waals surface area (Å²) in [5.41, 5.74) is -3.81. The number of aromatic nitrogens is 4. The maximum Gasteiger partial charge on any atom is 0.435 e. The molecule has 6 rings (SSSR count). The first kappa shape index (κ1) is 44.5. The van der Waals surface area contributed by atoms with Gasteiger partial charge in [-0.1, -0.05) is 25.0 Å². The first-order valence-electron chi connectivity index (χ1n) is 19.7. The zero-order valence-electron chi connectivity index (χ0n) is 35.2. The number of nitrogens with one attached hydrogen (secondary N) is 2. The highest BCUT2D eigenvalue weighted by molar-refractivity contribution is 7.90. The molecule has 2 unspecified atom stereocenters. The maximum atomic E-state index is 15.8. The van der Waals surface area contributed by atoms with Crippen molar-refractivity contribution in [2.75, 3.05) is 10.2 Å². The van der Waals surface area contributed by atoms with Gasteiger partial charge in [0.2, 0.25) is 0 Å². The highest BCUT2D eigenvalue weighted by Crippen LogP contribution is 2.43. The Morgan fingerprint density at radius 1 is 0.900 bits per heavy atom. The highest BCUT2D eigenvalue weighted by atomic mass is 32.2. The molecule has 2 atom stereocenters. The van der Waals surface area contributed by atoms with Crippen LogP contribution in [0.3, 0.4) is 0 Å². The Hall–Kier alpha value is -5.06. The van der Waals surface area contributed by atoms with E-state index < -0.39 is 68.2 Å². The van der Waals surface area contributed by atoms with E-state index in [0.717, 1.165) is 29.5 Å². The van der Waals surface area contributed by atoms with Crippen molar-refractivity contribution < 1.29 is 36.4 Å². The van der Waals surface area contributed by atoms with Gasteiger partial charge in [-0.2, -0.15) is 18.3 Å². The minimum Gasteiger partial charge on any atom is -0.598 e. The Bertz CT molecular complexity index is 2370. The summed E-state index contributed by atoms with van der Waals surface area (Å²) in [6.45, 7) is 16.0. The molecule has 11 nitrogen and oxygen atoms in total. The van der Waals surface area contributed by atoms with Gasteiger partial charge < -0.3 is 14.6 Å². The van der Waals surface area contributed by atoms with Gasteiger partial charge in [-0.15, -0.1) is 4.72 Å². The Morgan fingerprint density at radius 2 is 1.58 bits per heavy atom. The van der Waals surface area contributed by atoms with Crippen LogP contribution < -0.4 is 14.9 Å². The Balaban J connectivity index is 1.45. The number of fused-ring (bicyclic) bond motifs is 1. The number of ether oxygens (including phenoxy) is 1. The number of rotatable bonds is 11. The van der Waals surface area contributed by atoms with E-state index in [1.807, 2.05) is 20.8 Å². The van der Waals surface area contributed by atoms with Gasteiger partial charge in [-0.3, -0.25) is 14.7 Å². The molecule has 3 aromatic heterocycles. The minimum atomic E-state index is -4.95. The standard InChI is InChI=1S/C44H51F4N7O4S/c1-40(2,3)54(39(57)59-41(4,5)6)37-32-25-31(14-12-28(32)17-23-50-37)55-35(26-36(52-55)44(46,47)48)38(56)51-34-24-30(13-15-33(34)45)43(20-16-27-10-11-27,29-18-21-49-22-19-29)53-60(58)42(7,8)9/h12-15,17-19,21-27,53H,10-11,16,20H2,1-9H3,(H,51,56). The van der Waals surface area contributed by atoms with Crippen LogP contribution in [0.15, 0.2) is 79.3 Å². The molecule has 2 aromatic carbocycles. The fraction of sp³-hybridized carbons (Fsp3) is 0.432. The summed E-state index contributed by atoms with van der Waals surface area (Å²) in [7, 11) is 0. The Morgan fingerprint density at radius 3 is 2.18 bits per heavy atom. The van der Waals surface area contributed by atoms with Gasteiger partial charge in [0.25, 0.3) is 5.91 Å². The van der Waals surface area contributed by atoms with Crippen LogP contribution >= 0.6 is 0 Å². The van der Waals surface area contributed by atoms with Crippen molar-refractivity contribution in [1.29, 1.82) is 0 Å². The second kappa shape index (κ2) is 16.4. The van der Waals surface area contributed by atoms with Gasteiger partial charge in [-0.05, 0) is 140 Å². The molecule has 2 amide bonds. The summed E-state index contributed by atoms with van der Waals surface area (Å²) in [5, 5.41) is 7.28. The number of anilines is 2. The number of nitrogens with zero attached hydrogens (tertiary/aromatic N) is 5. The number of hydrogen-bond donors (Lipinski definition) is 2. The topological polar surface area (TPSA) is 137 Å². The van der Waals surface area contributed by atoms with E-state index in [-0.39, 0.29) is 17.2 Å². The second-order valence-corrected chi connectivity index (χ2v) is 20.1. The lowest BCUT2D eigenvalue weighted by Gasteiger charge is -2.38. The molecule has 320 valence electrons.